The molecule has 1 fully saturated rings. The fraction of sp³-hybridized carbons (Fsp3) is 0.600. The van der Waals surface area contributed by atoms with Crippen LogP contribution >= 0.6 is 11.3 Å². The van der Waals surface area contributed by atoms with Gasteiger partial charge in [0.15, 0.2) is 0 Å². The molecule has 1 amide bonds. The third-order valence-corrected chi connectivity index (χ3v) is 5.14. The molecule has 0 unspecified atom stereocenters. The molecule has 0 aliphatic carbocycles. The Morgan fingerprint density at radius 3 is 2.74 bits per heavy atom. The van der Waals surface area contributed by atoms with Gasteiger partial charge in [0, 0.05) is 24.3 Å². The Hall–Kier alpha value is -1.80. The van der Waals surface area contributed by atoms with Gasteiger partial charge in [-0.3, -0.25) is 19.7 Å². The summed E-state index contributed by atoms with van der Waals surface area (Å²) in [7, 11) is 1.97. The molecule has 2 aromatic heterocycles. The lowest BCUT2D eigenvalue weighted by molar-refractivity contribution is -0.117. The van der Waals surface area contributed by atoms with Gasteiger partial charge in [0.05, 0.1) is 12.2 Å². The molecule has 1 saturated heterocycles. The third kappa shape index (κ3) is 3.28. The maximum atomic E-state index is 12.3. The number of rotatable bonds is 4. The lowest BCUT2D eigenvalue weighted by Crippen LogP contribution is -2.33. The fourth-order valence-corrected chi connectivity index (χ4v) is 3.91. The Balaban J connectivity index is 1.70. The molecule has 0 radical (unpaired) electrons. The Morgan fingerprint density at radius 1 is 1.35 bits per heavy atom. The molecule has 8 heteroatoms. The molecular formula is C15H22N6OS. The number of nitrogens with one attached hydrogen (secondary N) is 1. The largest absolute Gasteiger partial charge is 0.299 e. The van der Waals surface area contributed by atoms with Crippen LogP contribution in [0.3, 0.4) is 0 Å². The Morgan fingerprint density at radius 2 is 2.13 bits per heavy atom. The minimum atomic E-state index is -0.0350. The molecule has 1 aliphatic heterocycles. The zero-order valence-corrected chi connectivity index (χ0v) is 14.8. The lowest BCUT2D eigenvalue weighted by atomic mass is 10.0. The third-order valence-electron chi connectivity index (χ3n) is 4.38. The van der Waals surface area contributed by atoms with Gasteiger partial charge in [0.25, 0.3) is 0 Å². The lowest BCUT2D eigenvalue weighted by Gasteiger charge is -2.24. The molecule has 1 N–H and O–H groups in total. The van der Waals surface area contributed by atoms with Gasteiger partial charge in [-0.25, -0.2) is 0 Å². The molecule has 3 heterocycles. The standard InChI is InChI=1S/C15H22N6OS/c1-9-14(10(2)20(4)19-9)12-6-5-7-21(12)8-13(22)16-15-18-17-11(3)23-15/h12H,5-8H2,1-4H3,(H,16,18,22)/t12-/m1/s1. The molecule has 0 bridgehead atoms. The molecule has 1 aliphatic rings. The van der Waals surface area contributed by atoms with Crippen LogP contribution in [0.2, 0.25) is 0 Å². The van der Waals surface area contributed by atoms with E-state index in [1.54, 1.807) is 0 Å². The van der Waals surface area contributed by atoms with Crippen LogP contribution in [0.15, 0.2) is 0 Å². The predicted octanol–water partition coefficient (Wildman–Crippen LogP) is 1.97. The first-order valence-corrected chi connectivity index (χ1v) is 8.61. The van der Waals surface area contributed by atoms with E-state index in [1.165, 1.54) is 22.6 Å². The van der Waals surface area contributed by atoms with Crippen LogP contribution in [0.5, 0.6) is 0 Å². The number of carbonyl (C=O) groups is 1. The number of hydrogen-bond donors (Lipinski definition) is 1. The Labute approximate surface area is 139 Å². The molecule has 0 aromatic carbocycles. The van der Waals surface area contributed by atoms with Crippen LogP contribution in [-0.2, 0) is 11.8 Å². The fourth-order valence-electron chi connectivity index (χ4n) is 3.30. The van der Waals surface area contributed by atoms with Crippen molar-refractivity contribution in [1.29, 1.82) is 0 Å². The van der Waals surface area contributed by atoms with E-state index >= 15 is 0 Å². The van der Waals surface area contributed by atoms with Crippen molar-refractivity contribution < 1.29 is 4.79 Å². The number of amides is 1. The summed E-state index contributed by atoms with van der Waals surface area (Å²) in [6, 6.07) is 0.269. The number of carbonyl (C=O) groups excluding carboxylic acids is 1. The van der Waals surface area contributed by atoms with E-state index in [1.807, 2.05) is 25.6 Å². The summed E-state index contributed by atoms with van der Waals surface area (Å²) in [6.45, 7) is 7.31. The zero-order valence-electron chi connectivity index (χ0n) is 14.0. The van der Waals surface area contributed by atoms with E-state index in [9.17, 15) is 4.79 Å². The van der Waals surface area contributed by atoms with Crippen LogP contribution in [-0.4, -0.2) is 43.9 Å². The van der Waals surface area contributed by atoms with Crippen molar-refractivity contribution in [2.24, 2.45) is 7.05 Å². The van der Waals surface area contributed by atoms with Gasteiger partial charge >= 0.3 is 0 Å². The Kier molecular flexibility index (Phi) is 4.45. The van der Waals surface area contributed by atoms with Crippen LogP contribution in [0, 0.1) is 20.8 Å². The number of anilines is 1. The second-order valence-electron chi connectivity index (χ2n) is 6.01. The second kappa shape index (κ2) is 6.37. The highest BCUT2D eigenvalue weighted by Gasteiger charge is 2.31. The highest BCUT2D eigenvalue weighted by Crippen LogP contribution is 2.35. The van der Waals surface area contributed by atoms with Crippen molar-refractivity contribution >= 4 is 22.4 Å². The summed E-state index contributed by atoms with van der Waals surface area (Å²) < 4.78 is 1.92. The number of hydrogen-bond acceptors (Lipinski definition) is 6. The van der Waals surface area contributed by atoms with Crippen molar-refractivity contribution in [2.75, 3.05) is 18.4 Å². The molecule has 0 spiro atoms. The first kappa shape index (κ1) is 16.1. The van der Waals surface area contributed by atoms with Gasteiger partial charge in [-0.2, -0.15) is 5.10 Å². The van der Waals surface area contributed by atoms with Gasteiger partial charge < -0.3 is 0 Å². The number of nitrogens with zero attached hydrogens (tertiary/aromatic N) is 5. The molecule has 7 nitrogen and oxygen atoms in total. The summed E-state index contributed by atoms with van der Waals surface area (Å²) in [5.74, 6) is -0.0350. The van der Waals surface area contributed by atoms with Crippen molar-refractivity contribution in [2.45, 2.75) is 39.7 Å². The molecule has 1 atom stereocenters. The van der Waals surface area contributed by atoms with Crippen molar-refractivity contribution in [3.63, 3.8) is 0 Å². The van der Waals surface area contributed by atoms with E-state index < -0.39 is 0 Å². The Bertz CT molecular complexity index is 722. The SMILES string of the molecule is Cc1nnc(NC(=O)CN2CCC[C@@H]2c2c(C)nn(C)c2C)s1. The van der Waals surface area contributed by atoms with Crippen LogP contribution in [0.4, 0.5) is 5.13 Å². The summed E-state index contributed by atoms with van der Waals surface area (Å²) in [4.78, 5) is 14.5. The van der Waals surface area contributed by atoms with Crippen LogP contribution < -0.4 is 5.32 Å². The van der Waals surface area contributed by atoms with Gasteiger partial charge in [0.1, 0.15) is 5.01 Å². The number of aromatic nitrogens is 4. The minimum Gasteiger partial charge on any atom is -0.299 e. The monoisotopic (exact) mass is 334 g/mol. The smallest absolute Gasteiger partial charge is 0.240 e. The average Bonchev–Trinajstić information content (AvgIpc) is 3.14. The molecule has 0 saturated carbocycles. The van der Waals surface area contributed by atoms with Gasteiger partial charge in [-0.05, 0) is 40.2 Å². The van der Waals surface area contributed by atoms with E-state index in [4.69, 9.17) is 0 Å². The van der Waals surface area contributed by atoms with Gasteiger partial charge in [-0.1, -0.05) is 11.3 Å². The van der Waals surface area contributed by atoms with E-state index in [-0.39, 0.29) is 11.9 Å². The average molecular weight is 334 g/mol. The second-order valence-corrected chi connectivity index (χ2v) is 7.19. The van der Waals surface area contributed by atoms with Gasteiger partial charge in [-0.15, -0.1) is 10.2 Å². The predicted molar refractivity (Wildman–Crippen MR) is 89.5 cm³/mol. The quantitative estimate of drug-likeness (QED) is 0.925. The maximum absolute atomic E-state index is 12.3. The van der Waals surface area contributed by atoms with E-state index in [2.05, 4.69) is 32.4 Å². The van der Waals surface area contributed by atoms with Crippen molar-refractivity contribution in [3.8, 4) is 0 Å². The van der Waals surface area contributed by atoms with Crippen LogP contribution in [0.1, 0.15) is 40.8 Å². The number of aryl methyl sites for hydroxylation is 3. The van der Waals surface area contributed by atoms with E-state index in [0.717, 1.165) is 30.1 Å². The number of likely N-dealkylation sites (tertiary alicyclic amines) is 1. The highest BCUT2D eigenvalue weighted by molar-refractivity contribution is 7.15. The summed E-state index contributed by atoms with van der Waals surface area (Å²) >= 11 is 1.39. The molecule has 2 aromatic rings. The first-order chi connectivity index (χ1) is 11.0. The van der Waals surface area contributed by atoms with Gasteiger partial charge in [0.2, 0.25) is 11.0 Å². The van der Waals surface area contributed by atoms with E-state index in [0.29, 0.717) is 11.7 Å². The minimum absolute atomic E-state index is 0.0350. The summed E-state index contributed by atoms with van der Waals surface area (Å²) in [5.41, 5.74) is 3.51. The summed E-state index contributed by atoms with van der Waals surface area (Å²) in [6.07, 6.45) is 2.17. The molecule has 124 valence electrons. The maximum Gasteiger partial charge on any atom is 0.240 e. The normalized spacial score (nSPS) is 18.5. The van der Waals surface area contributed by atoms with Crippen molar-refractivity contribution in [3.05, 3.63) is 22.0 Å². The molecule has 3 rings (SSSR count). The van der Waals surface area contributed by atoms with Crippen LogP contribution in [0.25, 0.3) is 0 Å². The highest BCUT2D eigenvalue weighted by atomic mass is 32.1. The zero-order chi connectivity index (χ0) is 16.6. The molecular weight excluding hydrogens is 312 g/mol. The topological polar surface area (TPSA) is 75.9 Å². The summed E-state index contributed by atoms with van der Waals surface area (Å²) in [5, 5.41) is 16.6. The first-order valence-electron chi connectivity index (χ1n) is 7.80. The van der Waals surface area contributed by atoms with Crippen molar-refractivity contribution in [1.82, 2.24) is 24.9 Å². The molecule has 23 heavy (non-hydrogen) atoms.